The Morgan fingerprint density at radius 2 is 1.68 bits per heavy atom. The first kappa shape index (κ1) is 13.7. The number of benzene rings is 2. The van der Waals surface area contributed by atoms with Crippen LogP contribution in [0.5, 0.6) is 0 Å². The first-order valence-corrected chi connectivity index (χ1v) is 6.46. The molecule has 1 N–H and O–H groups in total. The Labute approximate surface area is 122 Å². The van der Waals surface area contributed by atoms with Gasteiger partial charge in [-0.25, -0.2) is 0 Å². The molecular weight excluding hydrogens is 279 g/mol. The highest BCUT2D eigenvalue weighted by atomic mass is 35.5. The number of hydrogen-bond donors (Lipinski definition) is 1. The summed E-state index contributed by atoms with van der Waals surface area (Å²) in [5.41, 5.74) is 1.75. The van der Waals surface area contributed by atoms with Crippen LogP contribution in [-0.2, 0) is 0 Å². The molecule has 4 heteroatoms. The summed E-state index contributed by atoms with van der Waals surface area (Å²) in [4.78, 5) is 4.25. The van der Waals surface area contributed by atoms with Gasteiger partial charge in [-0.3, -0.25) is 4.99 Å². The molecule has 19 heavy (non-hydrogen) atoms. The molecule has 0 atom stereocenters. The van der Waals surface area contributed by atoms with Crippen LogP contribution in [0.15, 0.2) is 65.8 Å². The van der Waals surface area contributed by atoms with Gasteiger partial charge in [-0.15, -0.1) is 0 Å². The Morgan fingerprint density at radius 3 is 2.42 bits per heavy atom. The highest BCUT2D eigenvalue weighted by Gasteiger charge is 1.89. The number of aliphatic imine (C=N–C) groups is 1. The van der Waals surface area contributed by atoms with Gasteiger partial charge in [-0.2, -0.15) is 0 Å². The van der Waals surface area contributed by atoms with Gasteiger partial charge in [0, 0.05) is 28.1 Å². The molecule has 0 saturated heterocycles. The zero-order valence-electron chi connectivity index (χ0n) is 10.1. The van der Waals surface area contributed by atoms with Gasteiger partial charge in [-0.1, -0.05) is 35.3 Å². The van der Waals surface area contributed by atoms with Crippen LogP contribution in [0.2, 0.25) is 10.0 Å². The maximum Gasteiger partial charge on any atom is 0.0644 e. The van der Waals surface area contributed by atoms with E-state index in [1.165, 1.54) is 0 Å². The fourth-order valence-corrected chi connectivity index (χ4v) is 1.83. The second kappa shape index (κ2) is 6.98. The van der Waals surface area contributed by atoms with Gasteiger partial charge >= 0.3 is 0 Å². The van der Waals surface area contributed by atoms with Crippen molar-refractivity contribution in [3.05, 3.63) is 70.9 Å². The summed E-state index contributed by atoms with van der Waals surface area (Å²) in [6.07, 6.45) is 5.30. The van der Waals surface area contributed by atoms with Gasteiger partial charge < -0.3 is 5.32 Å². The van der Waals surface area contributed by atoms with Crippen LogP contribution in [0, 0.1) is 0 Å². The van der Waals surface area contributed by atoms with Crippen molar-refractivity contribution in [3.63, 3.8) is 0 Å². The van der Waals surface area contributed by atoms with Gasteiger partial charge in [0.1, 0.15) is 0 Å². The van der Waals surface area contributed by atoms with E-state index in [-0.39, 0.29) is 0 Å². The summed E-state index contributed by atoms with van der Waals surface area (Å²) in [5.74, 6) is 0. The van der Waals surface area contributed by atoms with Crippen molar-refractivity contribution in [1.82, 2.24) is 0 Å². The topological polar surface area (TPSA) is 24.4 Å². The van der Waals surface area contributed by atoms with Crippen molar-refractivity contribution >= 4 is 40.8 Å². The molecule has 0 amide bonds. The Balaban J connectivity index is 1.90. The average molecular weight is 291 g/mol. The average Bonchev–Trinajstić information content (AvgIpc) is 2.38. The highest BCUT2D eigenvalue weighted by Crippen LogP contribution is 2.17. The van der Waals surface area contributed by atoms with E-state index < -0.39 is 0 Å². The van der Waals surface area contributed by atoms with Crippen LogP contribution < -0.4 is 5.32 Å². The van der Waals surface area contributed by atoms with Crippen LogP contribution in [0.4, 0.5) is 11.4 Å². The summed E-state index contributed by atoms with van der Waals surface area (Å²) in [6, 6.07) is 14.9. The lowest BCUT2D eigenvalue weighted by Crippen LogP contribution is -1.86. The van der Waals surface area contributed by atoms with Gasteiger partial charge in [0.2, 0.25) is 0 Å². The van der Waals surface area contributed by atoms with Gasteiger partial charge in [-0.05, 0) is 42.5 Å². The molecular formula is C15H12Cl2N2. The first-order valence-electron chi connectivity index (χ1n) is 5.71. The highest BCUT2D eigenvalue weighted by molar-refractivity contribution is 6.31. The number of anilines is 1. The maximum atomic E-state index is 5.88. The van der Waals surface area contributed by atoms with Crippen molar-refractivity contribution in [2.45, 2.75) is 0 Å². The van der Waals surface area contributed by atoms with Crippen LogP contribution in [0.25, 0.3) is 0 Å². The number of hydrogen-bond acceptors (Lipinski definition) is 2. The predicted octanol–water partition coefficient (Wildman–Crippen LogP) is 5.32. The molecule has 2 aromatic rings. The first-order chi connectivity index (χ1) is 9.24. The van der Waals surface area contributed by atoms with E-state index in [1.807, 2.05) is 48.5 Å². The summed E-state index contributed by atoms with van der Waals surface area (Å²) in [7, 11) is 0. The van der Waals surface area contributed by atoms with E-state index in [9.17, 15) is 0 Å². The molecule has 0 heterocycles. The van der Waals surface area contributed by atoms with Crippen LogP contribution >= 0.6 is 23.2 Å². The number of allylic oxidation sites excluding steroid dienone is 1. The molecule has 0 unspecified atom stereocenters. The lowest BCUT2D eigenvalue weighted by Gasteiger charge is -1.99. The molecule has 0 bridgehead atoms. The van der Waals surface area contributed by atoms with E-state index in [1.54, 1.807) is 18.5 Å². The Hall–Kier alpha value is -1.77. The number of halogens is 2. The van der Waals surface area contributed by atoms with Crippen LogP contribution in [0.3, 0.4) is 0 Å². The third-order valence-electron chi connectivity index (χ3n) is 2.29. The third-order valence-corrected chi connectivity index (χ3v) is 2.76. The molecule has 0 aliphatic rings. The van der Waals surface area contributed by atoms with Gasteiger partial charge in [0.25, 0.3) is 0 Å². The molecule has 2 nitrogen and oxygen atoms in total. The second-order valence-corrected chi connectivity index (χ2v) is 4.64. The predicted molar refractivity (Wildman–Crippen MR) is 83.8 cm³/mol. The lowest BCUT2D eigenvalue weighted by molar-refractivity contribution is 1.54. The number of nitrogens with one attached hydrogen (secondary N) is 1. The quantitative estimate of drug-likeness (QED) is 0.757. The largest absolute Gasteiger partial charge is 0.362 e. The van der Waals surface area contributed by atoms with Crippen molar-refractivity contribution in [2.75, 3.05) is 5.32 Å². The number of rotatable bonds is 4. The minimum Gasteiger partial charge on any atom is -0.362 e. The molecule has 0 fully saturated rings. The Morgan fingerprint density at radius 1 is 0.947 bits per heavy atom. The van der Waals surface area contributed by atoms with E-state index in [0.29, 0.717) is 10.0 Å². The monoisotopic (exact) mass is 290 g/mol. The van der Waals surface area contributed by atoms with E-state index in [4.69, 9.17) is 23.2 Å². The summed E-state index contributed by atoms with van der Waals surface area (Å²) in [6.45, 7) is 0. The van der Waals surface area contributed by atoms with Crippen molar-refractivity contribution < 1.29 is 0 Å². The zero-order chi connectivity index (χ0) is 13.5. The lowest BCUT2D eigenvalue weighted by atomic mass is 10.3. The molecule has 2 rings (SSSR count). The fraction of sp³-hybridized carbons (Fsp3) is 0. The van der Waals surface area contributed by atoms with Crippen molar-refractivity contribution in [3.8, 4) is 0 Å². The van der Waals surface area contributed by atoms with E-state index in [0.717, 1.165) is 11.4 Å². The summed E-state index contributed by atoms with van der Waals surface area (Å²) < 4.78 is 0. The molecule has 0 aromatic heterocycles. The minimum absolute atomic E-state index is 0.677. The van der Waals surface area contributed by atoms with Crippen molar-refractivity contribution in [2.24, 2.45) is 4.99 Å². The smallest absolute Gasteiger partial charge is 0.0644 e. The maximum absolute atomic E-state index is 5.88. The number of nitrogens with zero attached hydrogens (tertiary/aromatic N) is 1. The molecule has 0 radical (unpaired) electrons. The molecule has 0 saturated carbocycles. The third kappa shape index (κ3) is 4.78. The van der Waals surface area contributed by atoms with Crippen LogP contribution in [-0.4, -0.2) is 6.21 Å². The Kier molecular flexibility index (Phi) is 5.01. The van der Waals surface area contributed by atoms with Crippen LogP contribution in [0.1, 0.15) is 0 Å². The summed E-state index contributed by atoms with van der Waals surface area (Å²) >= 11 is 11.7. The molecule has 0 aliphatic carbocycles. The van der Waals surface area contributed by atoms with Crippen molar-refractivity contribution in [1.29, 1.82) is 0 Å². The second-order valence-electron chi connectivity index (χ2n) is 3.77. The SMILES string of the molecule is Clc1cccc(N=CC=CNc2cccc(Cl)c2)c1. The molecule has 2 aromatic carbocycles. The van der Waals surface area contributed by atoms with Gasteiger partial charge in [0.15, 0.2) is 0 Å². The Bertz CT molecular complexity index is 607. The molecule has 0 spiro atoms. The fourth-order valence-electron chi connectivity index (χ4n) is 1.45. The van der Waals surface area contributed by atoms with E-state index >= 15 is 0 Å². The zero-order valence-corrected chi connectivity index (χ0v) is 11.6. The minimum atomic E-state index is 0.677. The molecule has 0 aliphatic heterocycles. The van der Waals surface area contributed by atoms with Gasteiger partial charge in [0.05, 0.1) is 5.69 Å². The molecule has 96 valence electrons. The summed E-state index contributed by atoms with van der Waals surface area (Å²) in [5, 5.41) is 4.48. The normalized spacial score (nSPS) is 11.3. The standard InChI is InChI=1S/C15H12Cl2N2/c16-12-4-1-6-14(10-12)18-8-3-9-19-15-7-2-5-13(17)11-15/h1-11,18H. The van der Waals surface area contributed by atoms with E-state index in [2.05, 4.69) is 10.3 Å².